The van der Waals surface area contributed by atoms with E-state index in [1.54, 1.807) is 30.3 Å². The van der Waals surface area contributed by atoms with Crippen LogP contribution < -0.4 is 5.32 Å². The molecule has 0 heterocycles. The summed E-state index contributed by atoms with van der Waals surface area (Å²) < 4.78 is 4.57. The number of amides is 1. The van der Waals surface area contributed by atoms with Crippen LogP contribution >= 0.6 is 0 Å². The minimum Gasteiger partial charge on any atom is -0.481 e. The SMILES string of the molecule is COC(=O)C(Cc1ccccc1)NC(=O)C(CC(=O)O)[N+](=O)[O-]. The Kier molecular flexibility index (Phi) is 6.66. The van der Waals surface area contributed by atoms with Crippen LogP contribution in [0.2, 0.25) is 0 Å². The Bertz CT molecular complexity index is 588. The predicted molar refractivity (Wildman–Crippen MR) is 77.1 cm³/mol. The number of carboxylic acids is 1. The second-order valence-corrected chi connectivity index (χ2v) is 4.67. The van der Waals surface area contributed by atoms with Crippen molar-refractivity contribution in [1.82, 2.24) is 5.32 Å². The van der Waals surface area contributed by atoms with Crippen LogP contribution in [0.1, 0.15) is 12.0 Å². The van der Waals surface area contributed by atoms with Gasteiger partial charge >= 0.3 is 11.9 Å². The topological polar surface area (TPSA) is 136 Å². The summed E-state index contributed by atoms with van der Waals surface area (Å²) in [5.74, 6) is -3.41. The molecule has 1 amide bonds. The number of hydrogen-bond acceptors (Lipinski definition) is 6. The molecule has 23 heavy (non-hydrogen) atoms. The highest BCUT2D eigenvalue weighted by atomic mass is 16.6. The predicted octanol–water partition coefficient (Wildman–Crippen LogP) is 0.00690. The number of aliphatic carboxylic acids is 1. The van der Waals surface area contributed by atoms with E-state index in [2.05, 4.69) is 10.1 Å². The minimum absolute atomic E-state index is 0.0662. The molecule has 1 aromatic rings. The highest BCUT2D eigenvalue weighted by Gasteiger charge is 2.35. The van der Waals surface area contributed by atoms with Gasteiger partial charge < -0.3 is 15.2 Å². The molecule has 2 N–H and O–H groups in total. The molecule has 2 unspecified atom stereocenters. The molecule has 0 aliphatic carbocycles. The van der Waals surface area contributed by atoms with Gasteiger partial charge in [0.1, 0.15) is 12.5 Å². The molecule has 0 saturated carbocycles. The van der Waals surface area contributed by atoms with E-state index >= 15 is 0 Å². The first-order chi connectivity index (χ1) is 10.8. The lowest BCUT2D eigenvalue weighted by Gasteiger charge is -2.17. The number of carbonyl (C=O) groups excluding carboxylic acids is 2. The van der Waals surface area contributed by atoms with Crippen LogP contribution in [-0.2, 0) is 25.5 Å². The summed E-state index contributed by atoms with van der Waals surface area (Å²) in [6.45, 7) is 0. The van der Waals surface area contributed by atoms with E-state index in [1.807, 2.05) is 0 Å². The number of carboxylic acid groups (broad SMARTS) is 1. The smallest absolute Gasteiger partial charge is 0.328 e. The molecule has 0 saturated heterocycles. The third-order valence-corrected chi connectivity index (χ3v) is 3.01. The quantitative estimate of drug-likeness (QED) is 0.390. The second kappa shape index (κ2) is 8.47. The zero-order valence-electron chi connectivity index (χ0n) is 12.3. The molecule has 0 radical (unpaired) electrons. The van der Waals surface area contributed by atoms with Gasteiger partial charge in [-0.1, -0.05) is 30.3 Å². The van der Waals surface area contributed by atoms with E-state index in [1.165, 1.54) is 0 Å². The first-order valence-electron chi connectivity index (χ1n) is 6.62. The summed E-state index contributed by atoms with van der Waals surface area (Å²) in [7, 11) is 1.12. The van der Waals surface area contributed by atoms with Crippen LogP contribution in [-0.4, -0.2) is 47.1 Å². The van der Waals surface area contributed by atoms with Gasteiger partial charge in [-0.25, -0.2) is 4.79 Å². The van der Waals surface area contributed by atoms with Crippen molar-refractivity contribution in [3.8, 4) is 0 Å². The van der Waals surface area contributed by atoms with E-state index in [0.717, 1.165) is 7.11 Å². The molecule has 1 aromatic carbocycles. The lowest BCUT2D eigenvalue weighted by atomic mass is 10.1. The molecular formula is C14H16N2O7. The number of rotatable bonds is 8. The number of esters is 1. The maximum Gasteiger partial charge on any atom is 0.328 e. The van der Waals surface area contributed by atoms with Gasteiger partial charge in [-0.15, -0.1) is 0 Å². The minimum atomic E-state index is -1.98. The van der Waals surface area contributed by atoms with Crippen molar-refractivity contribution in [2.24, 2.45) is 0 Å². The van der Waals surface area contributed by atoms with E-state index in [4.69, 9.17) is 5.11 Å². The van der Waals surface area contributed by atoms with Crippen molar-refractivity contribution in [3.63, 3.8) is 0 Å². The molecule has 9 nitrogen and oxygen atoms in total. The number of carbonyl (C=O) groups is 3. The summed E-state index contributed by atoms with van der Waals surface area (Å²) >= 11 is 0. The van der Waals surface area contributed by atoms with Gasteiger partial charge in [-0.2, -0.15) is 0 Å². The lowest BCUT2D eigenvalue weighted by molar-refractivity contribution is -0.507. The summed E-state index contributed by atoms with van der Waals surface area (Å²) in [5, 5.41) is 21.6. The second-order valence-electron chi connectivity index (χ2n) is 4.67. The van der Waals surface area contributed by atoms with E-state index in [9.17, 15) is 24.5 Å². The molecule has 0 aromatic heterocycles. The Balaban J connectivity index is 2.87. The number of nitro groups is 1. The first-order valence-corrected chi connectivity index (χ1v) is 6.62. The van der Waals surface area contributed by atoms with Gasteiger partial charge in [0.2, 0.25) is 0 Å². The van der Waals surface area contributed by atoms with Crippen LogP contribution in [0.5, 0.6) is 0 Å². The van der Waals surface area contributed by atoms with Crippen molar-refractivity contribution >= 4 is 17.8 Å². The Labute approximate surface area is 131 Å². The van der Waals surface area contributed by atoms with Gasteiger partial charge in [-0.05, 0) is 5.56 Å². The molecule has 0 bridgehead atoms. The molecule has 0 spiro atoms. The summed E-state index contributed by atoms with van der Waals surface area (Å²) in [6, 6.07) is 5.53. The van der Waals surface area contributed by atoms with E-state index < -0.39 is 41.3 Å². The van der Waals surface area contributed by atoms with Crippen molar-refractivity contribution in [2.45, 2.75) is 24.9 Å². The van der Waals surface area contributed by atoms with Crippen LogP contribution in [0.15, 0.2) is 30.3 Å². The number of ether oxygens (including phenoxy) is 1. The zero-order chi connectivity index (χ0) is 17.4. The zero-order valence-corrected chi connectivity index (χ0v) is 12.3. The fraction of sp³-hybridized carbons (Fsp3) is 0.357. The van der Waals surface area contributed by atoms with Crippen LogP contribution in [0, 0.1) is 10.1 Å². The van der Waals surface area contributed by atoms with Crippen molar-refractivity contribution in [1.29, 1.82) is 0 Å². The van der Waals surface area contributed by atoms with Crippen molar-refractivity contribution < 1.29 is 29.2 Å². The molecule has 0 fully saturated rings. The summed E-state index contributed by atoms with van der Waals surface area (Å²) in [4.78, 5) is 44.1. The monoisotopic (exact) mass is 324 g/mol. The van der Waals surface area contributed by atoms with Gasteiger partial charge in [0.25, 0.3) is 11.9 Å². The Morgan fingerprint density at radius 3 is 2.39 bits per heavy atom. The molecule has 124 valence electrons. The Morgan fingerprint density at radius 1 is 1.30 bits per heavy atom. The van der Waals surface area contributed by atoms with Crippen LogP contribution in [0.3, 0.4) is 0 Å². The van der Waals surface area contributed by atoms with Gasteiger partial charge in [0.05, 0.1) is 7.11 Å². The molecule has 9 heteroatoms. The summed E-state index contributed by atoms with van der Waals surface area (Å²) in [5.41, 5.74) is 0.707. The molecule has 0 aliphatic heterocycles. The first kappa shape index (κ1) is 18.1. The fourth-order valence-corrected chi connectivity index (χ4v) is 1.88. The largest absolute Gasteiger partial charge is 0.481 e. The number of hydrogen-bond donors (Lipinski definition) is 2. The average molecular weight is 324 g/mol. The Morgan fingerprint density at radius 2 is 1.91 bits per heavy atom. The van der Waals surface area contributed by atoms with Gasteiger partial charge in [-0.3, -0.25) is 19.7 Å². The third-order valence-electron chi connectivity index (χ3n) is 3.01. The van der Waals surface area contributed by atoms with Crippen molar-refractivity contribution in [3.05, 3.63) is 46.0 Å². The molecule has 1 rings (SSSR count). The number of benzene rings is 1. The van der Waals surface area contributed by atoms with Crippen LogP contribution in [0.25, 0.3) is 0 Å². The van der Waals surface area contributed by atoms with Crippen molar-refractivity contribution in [2.75, 3.05) is 7.11 Å². The molecule has 0 aliphatic rings. The highest BCUT2D eigenvalue weighted by Crippen LogP contribution is 2.06. The maximum atomic E-state index is 11.9. The maximum absolute atomic E-state index is 11.9. The van der Waals surface area contributed by atoms with Crippen LogP contribution in [0.4, 0.5) is 0 Å². The Hall–Kier alpha value is -2.97. The normalized spacial score (nSPS) is 12.7. The van der Waals surface area contributed by atoms with Gasteiger partial charge in [0, 0.05) is 11.3 Å². The summed E-state index contributed by atoms with van der Waals surface area (Å²) in [6.07, 6.45) is -0.908. The average Bonchev–Trinajstić information content (AvgIpc) is 2.51. The van der Waals surface area contributed by atoms with E-state index in [-0.39, 0.29) is 6.42 Å². The lowest BCUT2D eigenvalue weighted by Crippen LogP contribution is -2.49. The molecular weight excluding hydrogens is 308 g/mol. The molecule has 2 atom stereocenters. The standard InChI is InChI=1S/C14H16N2O7/c1-23-14(20)10(7-9-5-3-2-4-6-9)15-13(19)11(16(21)22)8-12(17)18/h2-6,10-11H,7-8H2,1H3,(H,15,19)(H,17,18). The number of nitrogens with zero attached hydrogens (tertiary/aromatic N) is 1. The fourth-order valence-electron chi connectivity index (χ4n) is 1.88. The number of methoxy groups -OCH3 is 1. The highest BCUT2D eigenvalue weighted by molar-refractivity contribution is 5.89. The van der Waals surface area contributed by atoms with E-state index in [0.29, 0.717) is 5.56 Å². The number of nitrogens with one attached hydrogen (secondary N) is 1. The third kappa shape index (κ3) is 5.73. The van der Waals surface area contributed by atoms with Gasteiger partial charge in [0.15, 0.2) is 0 Å².